The van der Waals surface area contributed by atoms with Crippen LogP contribution in [0.1, 0.15) is 33.1 Å². The Morgan fingerprint density at radius 2 is 1.89 bits per heavy atom. The fourth-order valence-corrected chi connectivity index (χ4v) is 4.21. The molecule has 4 aromatic rings. The smallest absolute Gasteiger partial charge is 0.191 e. The van der Waals surface area contributed by atoms with Crippen LogP contribution in [0.4, 0.5) is 10.1 Å². The predicted molar refractivity (Wildman–Crippen MR) is 135 cm³/mol. The zero-order valence-corrected chi connectivity index (χ0v) is 20.4. The van der Waals surface area contributed by atoms with E-state index in [-0.39, 0.29) is 24.8 Å². The minimum absolute atomic E-state index is 0.113. The highest BCUT2D eigenvalue weighted by Crippen LogP contribution is 2.34. The van der Waals surface area contributed by atoms with Gasteiger partial charge >= 0.3 is 0 Å². The third-order valence-electron chi connectivity index (χ3n) is 5.82. The van der Waals surface area contributed by atoms with Gasteiger partial charge in [0.15, 0.2) is 5.78 Å². The summed E-state index contributed by atoms with van der Waals surface area (Å²) in [5.41, 5.74) is 3.98. The molecule has 0 aliphatic carbocycles. The van der Waals surface area contributed by atoms with Gasteiger partial charge in [-0.2, -0.15) is 0 Å². The van der Waals surface area contributed by atoms with E-state index in [2.05, 4.69) is 10.3 Å². The molecule has 1 unspecified atom stereocenters. The molecule has 0 radical (unpaired) electrons. The molecule has 4 rings (SSSR count). The maximum absolute atomic E-state index is 14.0. The van der Waals surface area contributed by atoms with E-state index in [0.29, 0.717) is 44.3 Å². The van der Waals surface area contributed by atoms with Gasteiger partial charge in [0.1, 0.15) is 30.0 Å². The molecule has 0 aliphatic rings. The number of hydrogen-bond acceptors (Lipinski definition) is 5. The summed E-state index contributed by atoms with van der Waals surface area (Å²) < 4.78 is 24.8. The Labute approximate surface area is 207 Å². The van der Waals surface area contributed by atoms with Crippen LogP contribution in [0.3, 0.4) is 0 Å². The number of ether oxygens (including phenoxy) is 2. The van der Waals surface area contributed by atoms with E-state index in [0.717, 1.165) is 11.1 Å². The van der Waals surface area contributed by atoms with Crippen molar-refractivity contribution in [2.24, 2.45) is 0 Å². The number of benzene rings is 3. The average molecular weight is 497 g/mol. The monoisotopic (exact) mass is 496 g/mol. The summed E-state index contributed by atoms with van der Waals surface area (Å²) >= 11 is 6.35. The van der Waals surface area contributed by atoms with Gasteiger partial charge < -0.3 is 24.9 Å². The molecule has 0 fully saturated rings. The Morgan fingerprint density at radius 1 is 1.11 bits per heavy atom. The van der Waals surface area contributed by atoms with E-state index in [1.165, 1.54) is 19.2 Å². The van der Waals surface area contributed by atoms with Crippen LogP contribution in [-0.4, -0.2) is 36.2 Å². The maximum Gasteiger partial charge on any atom is 0.191 e. The molecule has 35 heavy (non-hydrogen) atoms. The van der Waals surface area contributed by atoms with Crippen molar-refractivity contribution in [3.8, 4) is 11.5 Å². The molecular formula is C27H26ClFN2O4. The summed E-state index contributed by atoms with van der Waals surface area (Å²) in [6.07, 6.45) is 1.66. The number of aliphatic hydroxyl groups is 1. The van der Waals surface area contributed by atoms with Gasteiger partial charge in [-0.05, 0) is 54.8 Å². The lowest BCUT2D eigenvalue weighted by Gasteiger charge is -2.22. The van der Waals surface area contributed by atoms with Crippen molar-refractivity contribution in [2.75, 3.05) is 25.6 Å². The van der Waals surface area contributed by atoms with E-state index in [4.69, 9.17) is 26.2 Å². The van der Waals surface area contributed by atoms with Crippen LogP contribution in [-0.2, 0) is 0 Å². The molecule has 3 N–H and O–H groups in total. The Hall–Kier alpha value is -3.55. The number of H-pyrrole nitrogens is 1. The van der Waals surface area contributed by atoms with Gasteiger partial charge in [0.05, 0.1) is 13.7 Å². The molecular weight excluding hydrogens is 471 g/mol. The second-order valence-corrected chi connectivity index (χ2v) is 8.67. The molecule has 1 aromatic heterocycles. The highest BCUT2D eigenvalue weighted by molar-refractivity contribution is 6.32. The molecule has 0 bridgehead atoms. The quantitative estimate of drug-likeness (QED) is 0.248. The van der Waals surface area contributed by atoms with Crippen LogP contribution < -0.4 is 14.8 Å². The van der Waals surface area contributed by atoms with Crippen molar-refractivity contribution in [1.82, 2.24) is 4.98 Å². The Bertz CT molecular complexity index is 1390. The molecule has 1 atom stereocenters. The highest BCUT2D eigenvalue weighted by Gasteiger charge is 2.27. The van der Waals surface area contributed by atoms with E-state index in [1.807, 2.05) is 13.0 Å². The minimum atomic E-state index is -0.840. The number of aryl methyl sites for hydroxylation is 2. The Kier molecular flexibility index (Phi) is 7.28. The number of carbonyl (C=O) groups is 1. The molecule has 0 spiro atoms. The van der Waals surface area contributed by atoms with Crippen molar-refractivity contribution in [2.45, 2.75) is 19.9 Å². The summed E-state index contributed by atoms with van der Waals surface area (Å²) in [7, 11) is 1.53. The predicted octanol–water partition coefficient (Wildman–Crippen LogP) is 5.99. The summed E-state index contributed by atoms with van der Waals surface area (Å²) in [5, 5.41) is 13.7. The summed E-state index contributed by atoms with van der Waals surface area (Å²) in [4.78, 5) is 17.1. The lowest BCUT2D eigenvalue weighted by molar-refractivity contribution is 0.0971. The molecule has 3 aromatic carbocycles. The van der Waals surface area contributed by atoms with Gasteiger partial charge in [-0.25, -0.2) is 4.39 Å². The highest BCUT2D eigenvalue weighted by atomic mass is 35.5. The number of nitrogens with one attached hydrogen (secondary N) is 2. The summed E-state index contributed by atoms with van der Waals surface area (Å²) in [5.74, 6) is 0.385. The maximum atomic E-state index is 14.0. The van der Waals surface area contributed by atoms with E-state index < -0.39 is 6.04 Å². The third-order valence-corrected chi connectivity index (χ3v) is 6.23. The van der Waals surface area contributed by atoms with Crippen LogP contribution in [0.25, 0.3) is 10.9 Å². The number of ketones is 1. The van der Waals surface area contributed by atoms with Crippen LogP contribution in [0.5, 0.6) is 11.5 Å². The number of aromatic nitrogens is 1. The number of rotatable bonds is 9. The number of halogens is 2. The van der Waals surface area contributed by atoms with Gasteiger partial charge in [0.2, 0.25) is 0 Å². The number of Topliss-reactive ketones (excluding diaryl/α,β-unsaturated/α-hetero) is 1. The van der Waals surface area contributed by atoms with Crippen LogP contribution in [0.15, 0.2) is 54.7 Å². The molecule has 0 aliphatic heterocycles. The Balaban J connectivity index is 1.80. The number of anilines is 1. The number of hydrogen-bond donors (Lipinski definition) is 3. The van der Waals surface area contributed by atoms with Gasteiger partial charge in [0.25, 0.3) is 0 Å². The zero-order chi connectivity index (χ0) is 25.1. The molecule has 0 saturated heterocycles. The first kappa shape index (κ1) is 24.6. The van der Waals surface area contributed by atoms with Crippen LogP contribution >= 0.6 is 11.6 Å². The van der Waals surface area contributed by atoms with Crippen molar-refractivity contribution >= 4 is 34.0 Å². The zero-order valence-electron chi connectivity index (χ0n) is 19.6. The van der Waals surface area contributed by atoms with E-state index in [9.17, 15) is 9.18 Å². The molecule has 1 heterocycles. The molecule has 0 amide bonds. The van der Waals surface area contributed by atoms with Gasteiger partial charge in [-0.15, -0.1) is 0 Å². The molecule has 182 valence electrons. The molecule has 8 heteroatoms. The molecule has 6 nitrogen and oxygen atoms in total. The van der Waals surface area contributed by atoms with Crippen molar-refractivity contribution < 1.29 is 23.8 Å². The minimum Gasteiger partial charge on any atom is -0.497 e. The first-order chi connectivity index (χ1) is 16.8. The van der Waals surface area contributed by atoms with Crippen molar-refractivity contribution in [1.29, 1.82) is 0 Å². The lowest BCUT2D eigenvalue weighted by Crippen LogP contribution is -2.22. The SMILES string of the molecule is COc1cc(NC(C(=O)c2c[nH]c3cc(C)c(Cl)cc23)c2ccc(F)cc2C)cc(OCCO)c1. The fraction of sp³-hybridized carbons (Fsp3) is 0.222. The number of aromatic amines is 1. The number of methoxy groups -OCH3 is 1. The second kappa shape index (κ2) is 10.4. The Morgan fingerprint density at radius 3 is 2.60 bits per heavy atom. The number of aliphatic hydroxyl groups excluding tert-OH is 1. The topological polar surface area (TPSA) is 83.6 Å². The summed E-state index contributed by atoms with van der Waals surface area (Å²) in [6.45, 7) is 3.63. The average Bonchev–Trinajstić information content (AvgIpc) is 3.23. The lowest BCUT2D eigenvalue weighted by atomic mass is 9.93. The third kappa shape index (κ3) is 5.26. The van der Waals surface area contributed by atoms with Gasteiger partial charge in [-0.1, -0.05) is 17.7 Å². The van der Waals surface area contributed by atoms with Crippen LogP contribution in [0, 0.1) is 19.7 Å². The first-order valence-corrected chi connectivity index (χ1v) is 11.4. The number of carbonyl (C=O) groups excluding carboxylic acids is 1. The van der Waals surface area contributed by atoms with Crippen molar-refractivity contribution in [3.63, 3.8) is 0 Å². The standard InChI is InChI=1S/C27H26ClFN2O4/c1-15-8-17(29)4-5-21(15)26(31-18-10-19(34-3)12-20(11-18)35-7-6-32)27(33)23-14-30-25-9-16(2)24(28)13-22(23)25/h4-5,8-14,26,30-32H,6-7H2,1-3H3. The number of fused-ring (bicyclic) bond motifs is 1. The van der Waals surface area contributed by atoms with Crippen molar-refractivity contribution in [3.05, 3.63) is 87.8 Å². The van der Waals surface area contributed by atoms with Gasteiger partial charge in [0, 0.05) is 51.6 Å². The molecule has 0 saturated carbocycles. The van der Waals surface area contributed by atoms with E-state index in [1.54, 1.807) is 43.5 Å². The second-order valence-electron chi connectivity index (χ2n) is 8.26. The normalized spacial score (nSPS) is 11.9. The van der Waals surface area contributed by atoms with Crippen LogP contribution in [0.2, 0.25) is 5.02 Å². The fourth-order valence-electron chi connectivity index (χ4n) is 4.04. The summed E-state index contributed by atoms with van der Waals surface area (Å²) in [6, 6.07) is 12.3. The largest absolute Gasteiger partial charge is 0.497 e. The van der Waals surface area contributed by atoms with E-state index >= 15 is 0 Å². The first-order valence-electron chi connectivity index (χ1n) is 11.1. The van der Waals surface area contributed by atoms with Gasteiger partial charge in [-0.3, -0.25) is 4.79 Å².